The third-order valence-electron chi connectivity index (χ3n) is 5.13. The van der Waals surface area contributed by atoms with Gasteiger partial charge in [0, 0.05) is 22.9 Å². The van der Waals surface area contributed by atoms with Crippen molar-refractivity contribution in [2.45, 2.75) is 4.90 Å². The lowest BCUT2D eigenvalue weighted by Gasteiger charge is -2.08. The van der Waals surface area contributed by atoms with Crippen LogP contribution < -0.4 is 5.43 Å². The molecule has 0 radical (unpaired) electrons. The van der Waals surface area contributed by atoms with Crippen molar-refractivity contribution in [3.8, 4) is 11.3 Å². The van der Waals surface area contributed by atoms with E-state index in [1.807, 2.05) is 53.2 Å². The number of halogens is 1. The fraction of sp³-hybridized carbons (Fsp3) is 0.0435. The van der Waals surface area contributed by atoms with E-state index in [1.165, 1.54) is 12.1 Å². The smallest absolute Gasteiger partial charge is 0.189 e. The summed E-state index contributed by atoms with van der Waals surface area (Å²) in [5.74, 6) is -0.261. The fourth-order valence-electron chi connectivity index (χ4n) is 3.58. The first kappa shape index (κ1) is 18.7. The van der Waals surface area contributed by atoms with Crippen molar-refractivity contribution in [1.29, 1.82) is 0 Å². The van der Waals surface area contributed by atoms with Crippen LogP contribution in [0.15, 0.2) is 89.3 Å². The van der Waals surface area contributed by atoms with Gasteiger partial charge < -0.3 is 0 Å². The van der Waals surface area contributed by atoms with Gasteiger partial charge in [-0.3, -0.25) is 4.40 Å². The molecule has 1 aliphatic rings. The van der Waals surface area contributed by atoms with E-state index in [1.54, 1.807) is 30.0 Å². The molecule has 30 heavy (non-hydrogen) atoms. The Labute approximate surface area is 175 Å². The number of allylic oxidation sites excluding steroid dienone is 1. The van der Waals surface area contributed by atoms with E-state index in [2.05, 4.69) is 10.1 Å². The van der Waals surface area contributed by atoms with Crippen LogP contribution >= 0.6 is 0 Å². The Balaban J connectivity index is 1.53. The van der Waals surface area contributed by atoms with Crippen molar-refractivity contribution in [1.82, 2.24) is 9.38 Å². The molecule has 4 aromatic rings. The molecule has 2 aromatic heterocycles. The fourth-order valence-corrected chi connectivity index (χ4v) is 4.11. The number of nitrogens with two attached hydrogens (primary N) is 1. The Kier molecular flexibility index (Phi) is 4.71. The predicted octanol–water partition coefficient (Wildman–Crippen LogP) is 3.54. The number of benzene rings is 2. The third-order valence-corrected chi connectivity index (χ3v) is 6.08. The zero-order valence-electron chi connectivity index (χ0n) is 16.2. The van der Waals surface area contributed by atoms with Crippen molar-refractivity contribution >= 4 is 28.1 Å². The summed E-state index contributed by atoms with van der Waals surface area (Å²) < 4.78 is 25.1. The van der Waals surface area contributed by atoms with Crippen LogP contribution in [-0.2, 0) is 11.2 Å². The SMILES string of the molecule is C[S+](O)c1ccc(C2=N[NH2+]C=C2c2ccc3ncc(-c4ccc(F)cc4)n3c2)cc1. The molecule has 3 N–H and O–H groups in total. The molecule has 1 unspecified atom stereocenters. The highest BCUT2D eigenvalue weighted by atomic mass is 32.2. The summed E-state index contributed by atoms with van der Waals surface area (Å²) in [4.78, 5) is 5.38. The van der Waals surface area contributed by atoms with Crippen molar-refractivity contribution in [2.24, 2.45) is 5.10 Å². The summed E-state index contributed by atoms with van der Waals surface area (Å²) in [7, 11) is 0. The lowest BCUT2D eigenvalue weighted by atomic mass is 9.98. The number of hydrogen-bond acceptors (Lipinski definition) is 3. The summed E-state index contributed by atoms with van der Waals surface area (Å²) in [5, 5.41) is 4.57. The van der Waals surface area contributed by atoms with Gasteiger partial charge in [0.15, 0.2) is 16.1 Å². The monoisotopic (exact) mass is 418 g/mol. The van der Waals surface area contributed by atoms with E-state index in [0.717, 1.165) is 44.2 Å². The molecule has 0 saturated carbocycles. The number of pyridine rings is 1. The lowest BCUT2D eigenvalue weighted by Crippen LogP contribution is -2.69. The average Bonchev–Trinajstić information content (AvgIpc) is 3.41. The molecule has 1 atom stereocenters. The number of hydrogen-bond donors (Lipinski definition) is 2. The Hall–Kier alpha value is -3.26. The highest BCUT2D eigenvalue weighted by molar-refractivity contribution is 7.90. The molecule has 0 bridgehead atoms. The highest BCUT2D eigenvalue weighted by Crippen LogP contribution is 2.26. The quantitative estimate of drug-likeness (QED) is 0.393. The predicted molar refractivity (Wildman–Crippen MR) is 118 cm³/mol. The average molecular weight is 418 g/mol. The van der Waals surface area contributed by atoms with Gasteiger partial charge in [-0.05, 0) is 60.7 Å². The second-order valence-electron chi connectivity index (χ2n) is 7.01. The molecule has 2 aromatic carbocycles. The molecule has 5 rings (SSSR count). The van der Waals surface area contributed by atoms with Gasteiger partial charge in [0.25, 0.3) is 0 Å². The van der Waals surface area contributed by atoms with Crippen LogP contribution in [0, 0.1) is 5.82 Å². The lowest BCUT2D eigenvalue weighted by molar-refractivity contribution is -0.589. The summed E-state index contributed by atoms with van der Waals surface area (Å²) in [5.41, 5.74) is 8.33. The number of imidazole rings is 1. The Bertz CT molecular complexity index is 1290. The number of quaternary nitrogens is 1. The maximum Gasteiger partial charge on any atom is 0.189 e. The van der Waals surface area contributed by atoms with E-state index in [4.69, 9.17) is 0 Å². The second kappa shape index (κ2) is 7.53. The first-order chi connectivity index (χ1) is 14.6. The number of nitrogens with zero attached hydrogens (tertiary/aromatic N) is 3. The third kappa shape index (κ3) is 3.33. The minimum Gasteiger partial charge on any atom is -0.299 e. The van der Waals surface area contributed by atoms with E-state index in [0.29, 0.717) is 0 Å². The van der Waals surface area contributed by atoms with E-state index in [9.17, 15) is 8.94 Å². The van der Waals surface area contributed by atoms with Gasteiger partial charge in [0.1, 0.15) is 29.6 Å². The van der Waals surface area contributed by atoms with E-state index in [-0.39, 0.29) is 5.82 Å². The molecule has 0 saturated heterocycles. The van der Waals surface area contributed by atoms with Crippen LogP contribution in [0.4, 0.5) is 4.39 Å². The zero-order valence-corrected chi connectivity index (χ0v) is 17.0. The number of rotatable bonds is 4. The molecule has 0 spiro atoms. The Morgan fingerprint density at radius 3 is 2.37 bits per heavy atom. The van der Waals surface area contributed by atoms with E-state index >= 15 is 0 Å². The van der Waals surface area contributed by atoms with Crippen LogP contribution in [0.25, 0.3) is 22.5 Å². The maximum absolute atomic E-state index is 13.3. The standard InChI is InChI=1S/C23H18FN4OS/c1-30(29)19-9-4-16(5-10-19)23-20(12-26-27-23)17-6-11-22-25-13-21(28(22)14-17)15-2-7-18(24)8-3-15/h2-14,29H,1H3,(H,26,27)/q+1/p+1. The summed E-state index contributed by atoms with van der Waals surface area (Å²) in [6, 6.07) is 18.3. The maximum atomic E-state index is 13.3. The summed E-state index contributed by atoms with van der Waals surface area (Å²) in [6.45, 7) is 0. The van der Waals surface area contributed by atoms with Gasteiger partial charge in [0.05, 0.1) is 17.5 Å². The minimum atomic E-state index is -0.763. The second-order valence-corrected chi connectivity index (χ2v) is 8.43. The van der Waals surface area contributed by atoms with Crippen molar-refractivity contribution in [3.05, 3.63) is 96.2 Å². The van der Waals surface area contributed by atoms with Gasteiger partial charge in [-0.1, -0.05) is 5.10 Å². The van der Waals surface area contributed by atoms with Gasteiger partial charge in [-0.2, -0.15) is 9.98 Å². The van der Waals surface area contributed by atoms with Crippen LogP contribution in [0.5, 0.6) is 0 Å². The Morgan fingerprint density at radius 1 is 0.933 bits per heavy atom. The van der Waals surface area contributed by atoms with Crippen molar-refractivity contribution < 1.29 is 14.4 Å². The minimum absolute atomic E-state index is 0.261. The van der Waals surface area contributed by atoms with Crippen LogP contribution in [0.2, 0.25) is 0 Å². The van der Waals surface area contributed by atoms with Gasteiger partial charge >= 0.3 is 0 Å². The first-order valence-electron chi connectivity index (χ1n) is 9.41. The number of aromatic nitrogens is 2. The molecular formula is C23H19FN4OS+2. The topological polar surface area (TPSA) is 66.5 Å². The zero-order chi connectivity index (χ0) is 20.7. The Morgan fingerprint density at radius 2 is 1.63 bits per heavy atom. The molecule has 0 fully saturated rings. The molecular weight excluding hydrogens is 399 g/mol. The molecule has 148 valence electrons. The van der Waals surface area contributed by atoms with Crippen LogP contribution in [-0.4, -0.2) is 25.9 Å². The molecule has 5 nitrogen and oxygen atoms in total. The largest absolute Gasteiger partial charge is 0.299 e. The molecule has 7 heteroatoms. The molecule has 0 amide bonds. The molecule has 0 aliphatic carbocycles. The number of fused-ring (bicyclic) bond motifs is 1. The van der Waals surface area contributed by atoms with Crippen LogP contribution in [0.1, 0.15) is 11.1 Å². The molecule has 1 aliphatic heterocycles. The van der Waals surface area contributed by atoms with Crippen molar-refractivity contribution in [2.75, 3.05) is 6.26 Å². The van der Waals surface area contributed by atoms with Crippen molar-refractivity contribution in [3.63, 3.8) is 0 Å². The first-order valence-corrected chi connectivity index (χ1v) is 11.0. The van der Waals surface area contributed by atoms with Gasteiger partial charge in [0.2, 0.25) is 0 Å². The molecule has 3 heterocycles. The van der Waals surface area contributed by atoms with E-state index < -0.39 is 11.2 Å². The van der Waals surface area contributed by atoms with Crippen LogP contribution in [0.3, 0.4) is 0 Å². The normalized spacial score (nSPS) is 14.6. The van der Waals surface area contributed by atoms with Gasteiger partial charge in [-0.25, -0.2) is 9.37 Å². The van der Waals surface area contributed by atoms with Gasteiger partial charge in [-0.15, -0.1) is 0 Å². The summed E-state index contributed by atoms with van der Waals surface area (Å²) in [6.07, 6.45) is 7.61. The summed E-state index contributed by atoms with van der Waals surface area (Å²) >= 11 is -0.763. The highest BCUT2D eigenvalue weighted by Gasteiger charge is 2.22.